The predicted molar refractivity (Wildman–Crippen MR) is 460 cm³/mol. The van der Waals surface area contributed by atoms with Gasteiger partial charge in [0.1, 0.15) is 11.1 Å². The molecule has 4 aromatic heterocycles. The van der Waals surface area contributed by atoms with Crippen LogP contribution in [0, 0.1) is 233 Å². The number of carbonyl (C=O) groups excluding carboxylic acids is 2. The van der Waals surface area contributed by atoms with E-state index >= 15 is 132 Å². The Morgan fingerprint density at radius 3 is 0.507 bits per heavy atom. The maximum Gasteiger partial charge on any atom is 0.215 e. The van der Waals surface area contributed by atoms with Crippen LogP contribution < -0.4 is 21.4 Å². The van der Waals surface area contributed by atoms with Crippen LogP contribution in [-0.4, -0.2) is 75.7 Å². The van der Waals surface area contributed by atoms with Crippen LogP contribution in [0.4, 0.5) is 176 Å². The third-order valence-electron chi connectivity index (χ3n) is 20.8. The van der Waals surface area contributed by atoms with Gasteiger partial charge in [-0.1, -0.05) is 0 Å². The number of halogens is 48. The van der Waals surface area contributed by atoms with Gasteiger partial charge < -0.3 is 19.9 Å². The average molecular weight is 2320 g/mol. The van der Waals surface area contributed by atoms with Gasteiger partial charge in [-0.3, -0.25) is 9.59 Å². The minimum Gasteiger partial charge on any atom is -0.354 e. The Morgan fingerprint density at radius 1 is 0.173 bits per heavy atom. The lowest BCUT2D eigenvalue weighted by atomic mass is 9.98. The molecule has 0 fully saturated rings. The van der Waals surface area contributed by atoms with Gasteiger partial charge in [-0.25, -0.2) is 196 Å². The Labute approximate surface area is 843 Å². The summed E-state index contributed by atoms with van der Waals surface area (Å²) < 4.78 is 619. The van der Waals surface area contributed by atoms with Crippen LogP contribution in [0.5, 0.6) is 0 Å². The second-order valence-electron chi connectivity index (χ2n) is 28.9. The van der Waals surface area contributed by atoms with Gasteiger partial charge in [-0.05, 0) is 97.1 Å². The minimum absolute atomic E-state index is 0.194. The molecule has 784 valence electrons. The third kappa shape index (κ3) is 20.3. The zero-order valence-electron chi connectivity index (χ0n) is 70.8. The highest BCUT2D eigenvalue weighted by atomic mass is 35.5. The first-order valence-electron chi connectivity index (χ1n) is 38.9. The molecular formula is C92H28Cl8F40N8O2. The van der Waals surface area contributed by atoms with E-state index in [1.807, 2.05) is 9.97 Å². The van der Waals surface area contributed by atoms with Crippen molar-refractivity contribution < 1.29 is 185 Å². The highest BCUT2D eigenvalue weighted by molar-refractivity contribution is 6.42. The number of rotatable bonds is 16. The van der Waals surface area contributed by atoms with Crippen molar-refractivity contribution in [3.8, 4) is 0 Å². The van der Waals surface area contributed by atoms with Crippen LogP contribution in [0.15, 0.2) is 140 Å². The van der Waals surface area contributed by atoms with Crippen molar-refractivity contribution in [1.82, 2.24) is 19.9 Å². The zero-order chi connectivity index (χ0) is 111. The van der Waals surface area contributed by atoms with Gasteiger partial charge in [0, 0.05) is 66.2 Å². The summed E-state index contributed by atoms with van der Waals surface area (Å²) in [7, 11) is 0. The van der Waals surface area contributed by atoms with E-state index in [2.05, 4.69) is 29.9 Å². The molecule has 0 amide bonds. The van der Waals surface area contributed by atoms with Crippen LogP contribution in [-0.2, 0) is 0 Å². The SMILES string of the molecule is ClCCl.ClCCl.ClCCl.ClCCl.O=C(c1ccc(/C(=C2/C=CC(C(/c3c(F)c(F)c(F)c(F)c3F)=c3/cc/c(=C(C4=N/C(=C5\C=CC(C(/c6c(F)c(F)c(F)c(F)c6F)=c6/cc/c(=C(C7=N/C(=C(\c8ccc(C(=O)c9c(F)c(F)c(F)c(F)c9F)[nH]8)c8c(F)c(F)c(F)c(F)c8F)C=C7)\c7c(F)c(F)c(F)c(F)c7F)[nH]6)=N5)C=C4)\c4c(F)c(F)c(F)c(F)c4F)[nH]3)=N2)c2c(F)c(F)c(F)c(F)c2F)[nH]1)c1c(F)c(F)c(F)c(F)c1F. The minimum atomic E-state index is -2.98. The number of hydrogen-bond donors (Lipinski definition) is 4. The molecule has 0 radical (unpaired) electrons. The van der Waals surface area contributed by atoms with Crippen molar-refractivity contribution in [3.05, 3.63) is 441 Å². The first kappa shape index (κ1) is 115. The molecule has 58 heteroatoms. The summed E-state index contributed by atoms with van der Waals surface area (Å²) in [6, 6.07) is 2.75. The summed E-state index contributed by atoms with van der Waals surface area (Å²) in [6.07, 6.45) is 3.45. The number of carbonyl (C=O) groups is 2. The summed E-state index contributed by atoms with van der Waals surface area (Å²) in [6.45, 7) is 0. The van der Waals surface area contributed by atoms with E-state index in [-0.39, 0.29) is 21.4 Å². The number of aromatic amines is 4. The number of benzene rings is 8. The fourth-order valence-electron chi connectivity index (χ4n) is 14.5. The number of nitrogens with one attached hydrogen (secondary N) is 4. The molecule has 0 saturated carbocycles. The normalized spacial score (nSPS) is 15.0. The van der Waals surface area contributed by atoms with Crippen molar-refractivity contribution in [2.75, 3.05) is 21.4 Å². The molecule has 4 N–H and O–H groups in total. The molecule has 150 heavy (non-hydrogen) atoms. The van der Waals surface area contributed by atoms with Crippen molar-refractivity contribution in [2.45, 2.75) is 0 Å². The third-order valence-corrected chi connectivity index (χ3v) is 20.8. The maximum absolute atomic E-state index is 16.6. The molecule has 12 aromatic rings. The monoisotopic (exact) mass is 2320 g/mol. The maximum atomic E-state index is 16.6. The predicted octanol–water partition coefficient (Wildman–Crippen LogP) is 26.4. The molecule has 0 unspecified atom stereocenters. The van der Waals surface area contributed by atoms with Gasteiger partial charge in [-0.2, -0.15) is 0 Å². The summed E-state index contributed by atoms with van der Waals surface area (Å²) >= 11 is 38.1. The van der Waals surface area contributed by atoms with Crippen molar-refractivity contribution in [2.24, 2.45) is 20.0 Å². The van der Waals surface area contributed by atoms with Gasteiger partial charge in [0.05, 0.1) is 112 Å². The van der Waals surface area contributed by atoms with Gasteiger partial charge in [0.15, 0.2) is 186 Å². The summed E-state index contributed by atoms with van der Waals surface area (Å²) in [5.74, 6) is -120. The first-order chi connectivity index (χ1) is 70.6. The highest BCUT2D eigenvalue weighted by Gasteiger charge is 2.42. The molecule has 10 nitrogen and oxygen atoms in total. The van der Waals surface area contributed by atoms with Crippen LogP contribution in [0.3, 0.4) is 0 Å². The number of hydrogen-bond acceptors (Lipinski definition) is 6. The summed E-state index contributed by atoms with van der Waals surface area (Å²) in [4.78, 5) is 50.6. The highest BCUT2D eigenvalue weighted by Crippen LogP contribution is 2.44. The number of nitrogens with zero attached hydrogens (tertiary/aromatic N) is 4. The molecule has 8 aromatic carbocycles. The molecule has 0 spiro atoms. The Bertz CT molecular complexity index is 7760. The van der Waals surface area contributed by atoms with Crippen molar-refractivity contribution >= 4 is 161 Å². The number of H-pyrrole nitrogens is 4. The number of allylic oxidation sites excluding steroid dienone is 8. The zero-order valence-corrected chi connectivity index (χ0v) is 76.9. The molecular weight excluding hydrogens is 2290 g/mol. The molecule has 0 bridgehead atoms. The van der Waals surface area contributed by atoms with Crippen molar-refractivity contribution in [3.63, 3.8) is 0 Å². The first-order valence-corrected chi connectivity index (χ1v) is 43.2. The van der Waals surface area contributed by atoms with Crippen LogP contribution >= 0.6 is 92.8 Å². The molecule has 16 rings (SSSR count). The smallest absolute Gasteiger partial charge is 0.215 e. The Morgan fingerprint density at radius 2 is 0.320 bits per heavy atom. The second kappa shape index (κ2) is 45.9. The quantitative estimate of drug-likeness (QED) is 0.0251. The van der Waals surface area contributed by atoms with E-state index in [4.69, 9.17) is 92.8 Å². The van der Waals surface area contributed by atoms with E-state index in [0.717, 1.165) is 0 Å². The number of alkyl halides is 8. The van der Waals surface area contributed by atoms with E-state index in [0.29, 0.717) is 97.1 Å². The molecule has 4 aliphatic rings. The molecule has 0 aliphatic carbocycles. The molecule has 0 atom stereocenters. The van der Waals surface area contributed by atoms with Gasteiger partial charge in [-0.15, -0.1) is 92.8 Å². The van der Waals surface area contributed by atoms with Gasteiger partial charge in [0.25, 0.3) is 0 Å². The molecule has 0 saturated heterocycles. The second-order valence-corrected chi connectivity index (χ2v) is 32.1. The van der Waals surface area contributed by atoms with Crippen LogP contribution in [0.25, 0.3) is 33.4 Å². The van der Waals surface area contributed by atoms with Crippen LogP contribution in [0.2, 0.25) is 0 Å². The lowest BCUT2D eigenvalue weighted by Crippen LogP contribution is -2.24. The molecule has 4 aliphatic heterocycles. The Kier molecular flexibility index (Phi) is 35.1. The van der Waals surface area contributed by atoms with Gasteiger partial charge >= 0.3 is 0 Å². The Hall–Kier alpha value is -13.9. The summed E-state index contributed by atoms with van der Waals surface area (Å²) in [5.41, 5.74) is -42.7. The largest absolute Gasteiger partial charge is 0.354 e. The standard InChI is InChI=1S/C88H20F40N8O2.4CH2Cl2/c89-47-39(48(90)64(106)79(121)63(47)105)33(21-5-7-23(131-21)35(41-51(93)67(109)81(123)68(110)52(41)94)25-9-11-27(133-25)37(43-55(97)71(113)83(125)72(114)56(43)98)29-13-15-31(135-29)87(137)45-59(101)75(117)85(127)76(118)60(45)102)19-3-1-17(129-19)18-2-4-20(130-18)34(40-49(91)65(107)80(122)66(108)50(40)92)22-6-8-24(132-22)36(42-53(95)69(111)82(124)70(112)54(42)96)26-10-12-28(134-26)38(44-57(99)73(115)84(126)74(116)58(44)100)30-14-16-32(136-30)88(138)46-61(103)77(119)86(128)78(120)62(46)104;4*2-1-3/h1-16,131-132,135-136H;4*1H2/b18-17+,33-21+,34-22+,35-23+,36-24+,37-27+,38-28+;;;;. The van der Waals surface area contributed by atoms with E-state index in [9.17, 15) is 53.5 Å². The lowest BCUT2D eigenvalue weighted by Gasteiger charge is -2.14. The fourth-order valence-corrected chi connectivity index (χ4v) is 14.5. The fraction of sp³-hybridized carbons (Fsp3) is 0.0435. The summed E-state index contributed by atoms with van der Waals surface area (Å²) in [5, 5.41) is -4.39. The van der Waals surface area contributed by atoms with Crippen LogP contribution in [0.1, 0.15) is 76.9 Å². The average Bonchev–Trinajstić information content (AvgIpc) is 1.56. The van der Waals surface area contributed by atoms with E-state index in [1.165, 1.54) is 0 Å². The number of aliphatic imine (C=N–C) groups is 4. The number of aromatic nitrogens is 4. The number of ketones is 2. The topological polar surface area (TPSA) is 147 Å². The molecule has 8 heterocycles. The Balaban J connectivity index is 0.00000159. The van der Waals surface area contributed by atoms with E-state index < -0.39 is 412 Å². The van der Waals surface area contributed by atoms with Gasteiger partial charge in [0.2, 0.25) is 58.1 Å². The lowest BCUT2D eigenvalue weighted by molar-refractivity contribution is 0.101. The van der Waals surface area contributed by atoms with E-state index in [1.54, 1.807) is 0 Å². The van der Waals surface area contributed by atoms with Crippen molar-refractivity contribution in [1.29, 1.82) is 0 Å².